The highest BCUT2D eigenvalue weighted by atomic mass is 35.5. The highest BCUT2D eigenvalue weighted by Gasteiger charge is 2.18. The Hall–Kier alpha value is -1.38. The summed E-state index contributed by atoms with van der Waals surface area (Å²) < 4.78 is 13.7. The molecule has 23 heavy (non-hydrogen) atoms. The van der Waals surface area contributed by atoms with E-state index < -0.39 is 5.82 Å². The van der Waals surface area contributed by atoms with Crippen LogP contribution >= 0.6 is 34.7 Å². The molecular formula is C14H16ClFN4OS2. The van der Waals surface area contributed by atoms with E-state index in [1.807, 2.05) is 0 Å². The van der Waals surface area contributed by atoms with Gasteiger partial charge in [-0.3, -0.25) is 4.79 Å². The van der Waals surface area contributed by atoms with Gasteiger partial charge in [0.15, 0.2) is 4.34 Å². The van der Waals surface area contributed by atoms with E-state index in [2.05, 4.69) is 27.8 Å². The second-order valence-electron chi connectivity index (χ2n) is 4.67. The van der Waals surface area contributed by atoms with Crippen LogP contribution in [-0.4, -0.2) is 27.9 Å². The molecule has 1 amide bonds. The number of rotatable bonds is 7. The maximum absolute atomic E-state index is 13.0. The van der Waals surface area contributed by atoms with Gasteiger partial charge in [0.25, 0.3) is 0 Å². The SMILES string of the molecule is CCCNc1nnc(S[C@H](C)C(=O)Nc2ccc(F)cc2Cl)s1. The predicted molar refractivity (Wildman–Crippen MR) is 94.0 cm³/mol. The molecule has 0 aliphatic carbocycles. The molecule has 9 heteroatoms. The Balaban J connectivity index is 1.93. The minimum Gasteiger partial charge on any atom is -0.360 e. The second kappa shape index (κ2) is 8.47. The van der Waals surface area contributed by atoms with E-state index in [1.165, 1.54) is 35.2 Å². The Labute approximate surface area is 147 Å². The number of nitrogens with zero attached hydrogens (tertiary/aromatic N) is 2. The van der Waals surface area contributed by atoms with Crippen LogP contribution in [0.3, 0.4) is 0 Å². The molecule has 1 heterocycles. The lowest BCUT2D eigenvalue weighted by Gasteiger charge is -2.11. The molecule has 0 aliphatic rings. The second-order valence-corrected chi connectivity index (χ2v) is 7.65. The first-order chi connectivity index (χ1) is 11.0. The summed E-state index contributed by atoms with van der Waals surface area (Å²) in [5.74, 6) is -0.682. The fourth-order valence-corrected chi connectivity index (χ4v) is 3.73. The third-order valence-corrected chi connectivity index (χ3v) is 5.15. The number of hydrogen-bond donors (Lipinski definition) is 2. The van der Waals surface area contributed by atoms with Crippen molar-refractivity contribution in [3.63, 3.8) is 0 Å². The molecular weight excluding hydrogens is 359 g/mol. The molecule has 5 nitrogen and oxygen atoms in total. The van der Waals surface area contributed by atoms with Crippen LogP contribution in [-0.2, 0) is 4.79 Å². The van der Waals surface area contributed by atoms with Crippen molar-refractivity contribution in [1.82, 2.24) is 10.2 Å². The van der Waals surface area contributed by atoms with Crippen molar-refractivity contribution in [2.45, 2.75) is 29.9 Å². The van der Waals surface area contributed by atoms with Crippen LogP contribution in [0.5, 0.6) is 0 Å². The molecule has 2 rings (SSSR count). The lowest BCUT2D eigenvalue weighted by atomic mass is 10.3. The number of benzene rings is 1. The molecule has 1 atom stereocenters. The lowest BCUT2D eigenvalue weighted by Crippen LogP contribution is -2.22. The first-order valence-corrected chi connectivity index (χ1v) is 9.07. The van der Waals surface area contributed by atoms with Crippen LogP contribution in [0.1, 0.15) is 20.3 Å². The first-order valence-electron chi connectivity index (χ1n) is 6.99. The van der Waals surface area contributed by atoms with Crippen molar-refractivity contribution >= 4 is 51.4 Å². The highest BCUT2D eigenvalue weighted by Crippen LogP contribution is 2.30. The summed E-state index contributed by atoms with van der Waals surface area (Å²) in [7, 11) is 0. The van der Waals surface area contributed by atoms with Gasteiger partial charge in [-0.2, -0.15) is 0 Å². The first kappa shape index (κ1) is 18.0. The predicted octanol–water partition coefficient (Wildman–Crippen LogP) is 4.27. The van der Waals surface area contributed by atoms with Gasteiger partial charge in [-0.15, -0.1) is 10.2 Å². The average Bonchev–Trinajstić information content (AvgIpc) is 2.95. The van der Waals surface area contributed by atoms with Gasteiger partial charge in [-0.1, -0.05) is 41.6 Å². The summed E-state index contributed by atoms with van der Waals surface area (Å²) in [4.78, 5) is 12.2. The van der Waals surface area contributed by atoms with E-state index in [9.17, 15) is 9.18 Å². The van der Waals surface area contributed by atoms with E-state index in [4.69, 9.17) is 11.6 Å². The van der Waals surface area contributed by atoms with Gasteiger partial charge >= 0.3 is 0 Å². The van der Waals surface area contributed by atoms with Crippen LogP contribution in [0.4, 0.5) is 15.2 Å². The van der Waals surface area contributed by atoms with Gasteiger partial charge < -0.3 is 10.6 Å². The largest absolute Gasteiger partial charge is 0.360 e. The van der Waals surface area contributed by atoms with Crippen LogP contribution in [0.25, 0.3) is 0 Å². The van der Waals surface area contributed by atoms with Crippen molar-refractivity contribution < 1.29 is 9.18 Å². The maximum Gasteiger partial charge on any atom is 0.237 e. The summed E-state index contributed by atoms with van der Waals surface area (Å²) in [6.45, 7) is 4.66. The standard InChI is InChI=1S/C14H16ClFN4OS2/c1-3-6-17-13-19-20-14(23-13)22-8(2)12(21)18-11-5-4-9(16)7-10(11)15/h4-5,7-8H,3,6H2,1-2H3,(H,17,19)(H,18,21)/t8-/m1/s1. The Kier molecular flexibility index (Phi) is 6.61. The number of carbonyl (C=O) groups excluding carboxylic acids is 1. The minimum absolute atomic E-state index is 0.164. The molecule has 2 aromatic rings. The van der Waals surface area contributed by atoms with E-state index >= 15 is 0 Å². The Morgan fingerprint density at radius 3 is 2.96 bits per heavy atom. The Morgan fingerprint density at radius 2 is 2.26 bits per heavy atom. The lowest BCUT2D eigenvalue weighted by molar-refractivity contribution is -0.115. The molecule has 124 valence electrons. The summed E-state index contributed by atoms with van der Waals surface area (Å²) in [6, 6.07) is 3.84. The fourth-order valence-electron chi connectivity index (χ4n) is 1.59. The molecule has 0 saturated heterocycles. The number of thioether (sulfide) groups is 1. The third-order valence-electron chi connectivity index (χ3n) is 2.77. The normalized spacial score (nSPS) is 12.0. The molecule has 1 aromatic carbocycles. The van der Waals surface area contributed by atoms with Crippen molar-refractivity contribution in [2.24, 2.45) is 0 Å². The van der Waals surface area contributed by atoms with Crippen molar-refractivity contribution in [1.29, 1.82) is 0 Å². The zero-order valence-electron chi connectivity index (χ0n) is 12.6. The molecule has 0 fully saturated rings. The number of carbonyl (C=O) groups is 1. The number of nitrogens with one attached hydrogen (secondary N) is 2. The van der Waals surface area contributed by atoms with Gasteiger partial charge in [0.2, 0.25) is 11.0 Å². The zero-order chi connectivity index (χ0) is 16.8. The molecule has 0 spiro atoms. The number of amides is 1. The van der Waals surface area contributed by atoms with E-state index in [1.54, 1.807) is 6.92 Å². The van der Waals surface area contributed by atoms with Crippen LogP contribution in [0.15, 0.2) is 22.5 Å². The highest BCUT2D eigenvalue weighted by molar-refractivity contribution is 8.02. The number of aromatic nitrogens is 2. The van der Waals surface area contributed by atoms with Gasteiger partial charge in [-0.05, 0) is 31.5 Å². The van der Waals surface area contributed by atoms with Gasteiger partial charge in [-0.25, -0.2) is 4.39 Å². The fraction of sp³-hybridized carbons (Fsp3) is 0.357. The quantitative estimate of drug-likeness (QED) is 0.708. The van der Waals surface area contributed by atoms with Crippen LogP contribution in [0, 0.1) is 5.82 Å². The van der Waals surface area contributed by atoms with Crippen LogP contribution < -0.4 is 10.6 Å². The molecule has 0 saturated carbocycles. The summed E-state index contributed by atoms with van der Waals surface area (Å²) in [5, 5.41) is 14.4. The zero-order valence-corrected chi connectivity index (χ0v) is 15.0. The molecule has 0 aliphatic heterocycles. The summed E-state index contributed by atoms with van der Waals surface area (Å²) >= 11 is 8.61. The number of anilines is 2. The third kappa shape index (κ3) is 5.33. The van der Waals surface area contributed by atoms with E-state index in [0.29, 0.717) is 10.0 Å². The number of hydrogen-bond acceptors (Lipinski definition) is 6. The Morgan fingerprint density at radius 1 is 1.48 bits per heavy atom. The Bertz CT molecular complexity index is 683. The monoisotopic (exact) mass is 374 g/mol. The molecule has 2 N–H and O–H groups in total. The van der Waals surface area contributed by atoms with E-state index in [0.717, 1.165) is 24.2 Å². The maximum atomic E-state index is 13.0. The van der Waals surface area contributed by atoms with Gasteiger partial charge in [0.05, 0.1) is 16.0 Å². The average molecular weight is 375 g/mol. The molecule has 0 bridgehead atoms. The van der Waals surface area contributed by atoms with E-state index in [-0.39, 0.29) is 16.2 Å². The number of halogens is 2. The van der Waals surface area contributed by atoms with Crippen molar-refractivity contribution in [2.75, 3.05) is 17.2 Å². The summed E-state index contributed by atoms with van der Waals surface area (Å²) in [5.41, 5.74) is 0.382. The van der Waals surface area contributed by atoms with Crippen LogP contribution in [0.2, 0.25) is 5.02 Å². The van der Waals surface area contributed by atoms with Crippen molar-refractivity contribution in [3.05, 3.63) is 29.0 Å². The molecule has 0 unspecified atom stereocenters. The summed E-state index contributed by atoms with van der Waals surface area (Å²) in [6.07, 6.45) is 0.999. The van der Waals surface area contributed by atoms with Crippen molar-refractivity contribution in [3.8, 4) is 0 Å². The van der Waals surface area contributed by atoms with Gasteiger partial charge in [0, 0.05) is 6.54 Å². The molecule has 0 radical (unpaired) electrons. The smallest absolute Gasteiger partial charge is 0.237 e. The topological polar surface area (TPSA) is 66.9 Å². The van der Waals surface area contributed by atoms with Gasteiger partial charge in [0.1, 0.15) is 5.82 Å². The minimum atomic E-state index is -0.448. The molecule has 1 aromatic heterocycles.